The maximum atomic E-state index is 14.4. The van der Waals surface area contributed by atoms with Crippen LogP contribution in [0.1, 0.15) is 66.2 Å². The lowest BCUT2D eigenvalue weighted by molar-refractivity contribution is -0.0996. The third-order valence-corrected chi connectivity index (χ3v) is 14.7. The van der Waals surface area contributed by atoms with Crippen molar-refractivity contribution in [2.75, 3.05) is 19.8 Å². The standard InChI is InChI=1S/C21H49O5PSi2/c1-11-15-16-17-18-19-21(28(5,6)7,27(22,24-13-3)25-14-4)20(23-12-2)26-29(8,9)10/h20H,11-19H2,1-10H3. The second kappa shape index (κ2) is 13.1. The van der Waals surface area contributed by atoms with Crippen LogP contribution in [0.15, 0.2) is 0 Å². The van der Waals surface area contributed by atoms with Crippen molar-refractivity contribution in [1.82, 2.24) is 0 Å². The number of ether oxygens (including phenoxy) is 1. The molecule has 5 nitrogen and oxygen atoms in total. The van der Waals surface area contributed by atoms with E-state index in [1.54, 1.807) is 0 Å². The van der Waals surface area contributed by atoms with Crippen LogP contribution in [0.3, 0.4) is 0 Å². The van der Waals surface area contributed by atoms with E-state index in [1.807, 2.05) is 20.8 Å². The van der Waals surface area contributed by atoms with E-state index >= 15 is 0 Å². The van der Waals surface area contributed by atoms with Gasteiger partial charge in [-0.3, -0.25) is 4.57 Å². The smallest absolute Gasteiger partial charge is 0.339 e. The van der Waals surface area contributed by atoms with Crippen LogP contribution >= 0.6 is 7.60 Å². The highest BCUT2D eigenvalue weighted by molar-refractivity contribution is 7.59. The van der Waals surface area contributed by atoms with Gasteiger partial charge in [-0.1, -0.05) is 58.7 Å². The molecule has 2 unspecified atom stereocenters. The van der Waals surface area contributed by atoms with Gasteiger partial charge in [-0.2, -0.15) is 0 Å². The fraction of sp³-hybridized carbons (Fsp3) is 1.00. The molecule has 0 aliphatic heterocycles. The molecule has 0 rings (SSSR count). The van der Waals surface area contributed by atoms with Gasteiger partial charge in [0.25, 0.3) is 0 Å². The van der Waals surface area contributed by atoms with Gasteiger partial charge in [-0.05, 0) is 46.8 Å². The molecule has 0 N–H and O–H groups in total. The van der Waals surface area contributed by atoms with Crippen molar-refractivity contribution in [1.29, 1.82) is 0 Å². The zero-order valence-electron chi connectivity index (χ0n) is 20.9. The van der Waals surface area contributed by atoms with E-state index in [9.17, 15) is 4.57 Å². The first kappa shape index (κ1) is 29.5. The monoisotopic (exact) mass is 468 g/mol. The van der Waals surface area contributed by atoms with Crippen molar-refractivity contribution in [2.24, 2.45) is 0 Å². The second-order valence-electron chi connectivity index (χ2n) is 9.69. The van der Waals surface area contributed by atoms with Gasteiger partial charge in [0, 0.05) is 6.61 Å². The quantitative estimate of drug-likeness (QED) is 0.0960. The lowest BCUT2D eigenvalue weighted by Gasteiger charge is -2.51. The first-order chi connectivity index (χ1) is 13.3. The van der Waals surface area contributed by atoms with Gasteiger partial charge in [-0.15, -0.1) is 0 Å². The summed E-state index contributed by atoms with van der Waals surface area (Å²) in [6, 6.07) is 0. The summed E-state index contributed by atoms with van der Waals surface area (Å²) in [5, 5.41) is 0. The van der Waals surface area contributed by atoms with Crippen LogP contribution in [0.25, 0.3) is 0 Å². The zero-order chi connectivity index (χ0) is 22.8. The van der Waals surface area contributed by atoms with E-state index < -0.39 is 35.1 Å². The Hall–Kier alpha value is 0.504. The molecular formula is C21H49O5PSi2. The maximum absolute atomic E-state index is 14.4. The summed E-state index contributed by atoms with van der Waals surface area (Å²) in [6.07, 6.45) is 5.90. The van der Waals surface area contributed by atoms with Gasteiger partial charge in [-0.25, -0.2) is 0 Å². The summed E-state index contributed by atoms with van der Waals surface area (Å²) in [5.41, 5.74) is 0. The van der Waals surface area contributed by atoms with Gasteiger partial charge in [0.2, 0.25) is 0 Å². The lowest BCUT2D eigenvalue weighted by Crippen LogP contribution is -2.63. The Morgan fingerprint density at radius 1 is 0.793 bits per heavy atom. The maximum Gasteiger partial charge on any atom is 0.339 e. The third kappa shape index (κ3) is 8.51. The molecule has 0 amide bonds. The van der Waals surface area contributed by atoms with E-state index in [1.165, 1.54) is 19.3 Å². The number of rotatable bonds is 17. The third-order valence-electron chi connectivity index (χ3n) is 5.22. The highest BCUT2D eigenvalue weighted by Gasteiger charge is 2.64. The molecule has 0 bridgehead atoms. The van der Waals surface area contributed by atoms with E-state index in [2.05, 4.69) is 46.2 Å². The Morgan fingerprint density at radius 3 is 1.69 bits per heavy atom. The Kier molecular flexibility index (Phi) is 13.4. The SMILES string of the molecule is CCCCCCCC(C(OCC)O[Si](C)(C)C)([Si](C)(C)C)P(=O)(OCC)OCC. The van der Waals surface area contributed by atoms with Gasteiger partial charge in [0.1, 0.15) is 4.78 Å². The summed E-state index contributed by atoms with van der Waals surface area (Å²) >= 11 is 0. The molecule has 0 aromatic carbocycles. The number of hydrogen-bond acceptors (Lipinski definition) is 5. The van der Waals surface area contributed by atoms with Crippen LogP contribution in [-0.4, -0.2) is 47.3 Å². The Bertz CT molecular complexity index is 480. The highest BCUT2D eigenvalue weighted by Crippen LogP contribution is 2.67. The predicted molar refractivity (Wildman–Crippen MR) is 130 cm³/mol. The summed E-state index contributed by atoms with van der Waals surface area (Å²) in [5.74, 6) is 0. The molecule has 0 saturated carbocycles. The molecule has 8 heteroatoms. The fourth-order valence-electron chi connectivity index (χ4n) is 3.87. The molecule has 0 fully saturated rings. The second-order valence-corrected chi connectivity index (χ2v) is 22.3. The predicted octanol–water partition coefficient (Wildman–Crippen LogP) is 7.44. The first-order valence-electron chi connectivity index (χ1n) is 11.5. The first-order valence-corrected chi connectivity index (χ1v) is 20.0. The molecule has 0 aliphatic rings. The summed E-state index contributed by atoms with van der Waals surface area (Å²) in [4.78, 5) is 0. The van der Waals surface area contributed by atoms with E-state index in [0.717, 1.165) is 19.3 Å². The van der Waals surface area contributed by atoms with Crippen LogP contribution in [0.2, 0.25) is 39.3 Å². The van der Waals surface area contributed by atoms with Crippen molar-refractivity contribution in [3.63, 3.8) is 0 Å². The summed E-state index contributed by atoms with van der Waals surface area (Å²) < 4.78 is 38.6. The lowest BCUT2D eigenvalue weighted by atomic mass is 10.1. The minimum atomic E-state index is -3.48. The van der Waals surface area contributed by atoms with Crippen molar-refractivity contribution in [2.45, 2.75) is 117 Å². The van der Waals surface area contributed by atoms with Crippen LogP contribution in [0.5, 0.6) is 0 Å². The average molecular weight is 469 g/mol. The van der Waals surface area contributed by atoms with E-state index in [4.69, 9.17) is 18.2 Å². The minimum Gasteiger partial charge on any atom is -0.392 e. The van der Waals surface area contributed by atoms with Gasteiger partial charge < -0.3 is 18.2 Å². The van der Waals surface area contributed by atoms with Crippen molar-refractivity contribution in [3.8, 4) is 0 Å². The minimum absolute atomic E-state index is 0.352. The molecule has 0 heterocycles. The Balaban J connectivity index is 6.44. The zero-order valence-corrected chi connectivity index (χ0v) is 23.8. The van der Waals surface area contributed by atoms with Gasteiger partial charge in [0.05, 0.1) is 21.3 Å². The van der Waals surface area contributed by atoms with Crippen molar-refractivity contribution < 1.29 is 22.8 Å². The summed E-state index contributed by atoms with van der Waals surface area (Å²) in [6.45, 7) is 22.4. The normalized spacial score (nSPS) is 16.6. The Labute approximate surface area is 183 Å². The van der Waals surface area contributed by atoms with Crippen LogP contribution < -0.4 is 0 Å². The van der Waals surface area contributed by atoms with Crippen molar-refractivity contribution in [3.05, 3.63) is 0 Å². The molecule has 0 saturated heterocycles. The Morgan fingerprint density at radius 2 is 1.31 bits per heavy atom. The van der Waals surface area contributed by atoms with Gasteiger partial charge in [0.15, 0.2) is 14.6 Å². The highest BCUT2D eigenvalue weighted by atomic mass is 31.2. The molecule has 29 heavy (non-hydrogen) atoms. The van der Waals surface area contributed by atoms with Crippen LogP contribution in [-0.2, 0) is 22.8 Å². The molecule has 0 spiro atoms. The molecule has 0 aliphatic carbocycles. The van der Waals surface area contributed by atoms with Gasteiger partial charge >= 0.3 is 7.60 Å². The van der Waals surface area contributed by atoms with E-state index in [0.29, 0.717) is 19.8 Å². The van der Waals surface area contributed by atoms with Crippen LogP contribution in [0.4, 0.5) is 0 Å². The van der Waals surface area contributed by atoms with E-state index in [-0.39, 0.29) is 0 Å². The average Bonchev–Trinajstić information content (AvgIpc) is 2.55. The van der Waals surface area contributed by atoms with Crippen LogP contribution in [0, 0.1) is 0 Å². The fourth-order valence-corrected chi connectivity index (χ4v) is 12.5. The largest absolute Gasteiger partial charge is 0.392 e. The van der Waals surface area contributed by atoms with Crippen molar-refractivity contribution >= 4 is 24.0 Å². The molecule has 0 aromatic rings. The molecule has 0 aromatic heterocycles. The summed E-state index contributed by atoms with van der Waals surface area (Å²) in [7, 11) is -7.60. The molecule has 2 atom stereocenters. The topological polar surface area (TPSA) is 54.0 Å². The molecular weight excluding hydrogens is 419 g/mol. The molecule has 0 radical (unpaired) electrons. The number of hydrogen-bond donors (Lipinski definition) is 0. The number of unbranched alkanes of at least 4 members (excludes halogenated alkanes) is 4. The molecule has 176 valence electrons.